The highest BCUT2D eigenvalue weighted by Crippen LogP contribution is 2.22. The Morgan fingerprint density at radius 1 is 0.923 bits per heavy atom. The molecule has 0 bridgehead atoms. The van der Waals surface area contributed by atoms with Gasteiger partial charge >= 0.3 is 6.03 Å². The first-order valence-electron chi connectivity index (χ1n) is 8.48. The van der Waals surface area contributed by atoms with Crippen LogP contribution in [-0.2, 0) is 4.79 Å². The minimum atomic E-state index is -0.328. The first-order valence-corrected chi connectivity index (χ1v) is 8.48. The van der Waals surface area contributed by atoms with Crippen molar-refractivity contribution in [1.29, 1.82) is 0 Å². The number of carbonyl (C=O) groups excluding carboxylic acids is 2. The summed E-state index contributed by atoms with van der Waals surface area (Å²) in [4.78, 5) is 23.0. The van der Waals surface area contributed by atoms with Crippen LogP contribution in [0.15, 0.2) is 36.4 Å². The van der Waals surface area contributed by atoms with Crippen molar-refractivity contribution < 1.29 is 14.3 Å². The number of hydrogen-bond donors (Lipinski definition) is 3. The number of urea groups is 1. The summed E-state index contributed by atoms with van der Waals surface area (Å²) < 4.78 is 5.75. The Labute approximate surface area is 153 Å². The first-order chi connectivity index (χ1) is 12.3. The molecule has 2 aromatic carbocycles. The summed E-state index contributed by atoms with van der Waals surface area (Å²) in [7, 11) is 0. The van der Waals surface area contributed by atoms with Crippen LogP contribution >= 0.6 is 0 Å². The fraction of sp³-hybridized carbons (Fsp3) is 0.300. The summed E-state index contributed by atoms with van der Waals surface area (Å²) >= 11 is 0. The van der Waals surface area contributed by atoms with Gasteiger partial charge in [0.15, 0.2) is 0 Å². The van der Waals surface area contributed by atoms with Gasteiger partial charge in [-0.3, -0.25) is 4.79 Å². The third kappa shape index (κ3) is 5.81. The SMILES string of the molecule is CC(=O)Nc1cccc(NC(=O)NCCOc2cc(C)c(C)cc2C)c1. The third-order valence-electron chi connectivity index (χ3n) is 3.88. The molecule has 0 unspecified atom stereocenters. The Hall–Kier alpha value is -3.02. The van der Waals surface area contributed by atoms with Crippen molar-refractivity contribution in [3.8, 4) is 5.75 Å². The van der Waals surface area contributed by atoms with Gasteiger partial charge < -0.3 is 20.7 Å². The minimum absolute atomic E-state index is 0.162. The monoisotopic (exact) mass is 355 g/mol. The maximum absolute atomic E-state index is 12.0. The van der Waals surface area contributed by atoms with Gasteiger partial charge in [-0.15, -0.1) is 0 Å². The quantitative estimate of drug-likeness (QED) is 0.690. The molecular weight excluding hydrogens is 330 g/mol. The second-order valence-corrected chi connectivity index (χ2v) is 6.19. The van der Waals surface area contributed by atoms with Crippen molar-refractivity contribution in [3.63, 3.8) is 0 Å². The Morgan fingerprint density at radius 2 is 1.58 bits per heavy atom. The lowest BCUT2D eigenvalue weighted by atomic mass is 10.1. The normalized spacial score (nSPS) is 10.2. The van der Waals surface area contributed by atoms with Crippen molar-refractivity contribution in [2.75, 3.05) is 23.8 Å². The van der Waals surface area contributed by atoms with Gasteiger partial charge in [0.25, 0.3) is 0 Å². The molecule has 2 rings (SSSR count). The van der Waals surface area contributed by atoms with E-state index in [1.165, 1.54) is 18.1 Å². The van der Waals surface area contributed by atoms with Gasteiger partial charge in [0.05, 0.1) is 6.54 Å². The first kappa shape index (κ1) is 19.3. The van der Waals surface area contributed by atoms with Crippen molar-refractivity contribution in [1.82, 2.24) is 5.32 Å². The molecule has 0 aromatic heterocycles. The van der Waals surface area contributed by atoms with Gasteiger partial charge in [-0.2, -0.15) is 0 Å². The maximum Gasteiger partial charge on any atom is 0.319 e. The minimum Gasteiger partial charge on any atom is -0.491 e. The fourth-order valence-corrected chi connectivity index (χ4v) is 2.47. The third-order valence-corrected chi connectivity index (χ3v) is 3.88. The van der Waals surface area contributed by atoms with E-state index in [4.69, 9.17) is 4.74 Å². The Morgan fingerprint density at radius 3 is 2.27 bits per heavy atom. The maximum atomic E-state index is 12.0. The number of ether oxygens (including phenoxy) is 1. The number of benzene rings is 2. The highest BCUT2D eigenvalue weighted by Gasteiger charge is 2.05. The standard InChI is InChI=1S/C20H25N3O3/c1-13-10-15(3)19(11-14(13)2)26-9-8-21-20(25)23-18-7-5-6-17(12-18)22-16(4)24/h5-7,10-12H,8-9H2,1-4H3,(H,22,24)(H2,21,23,25). The van der Waals surface area contributed by atoms with Gasteiger partial charge in [0.2, 0.25) is 5.91 Å². The second-order valence-electron chi connectivity index (χ2n) is 6.19. The van der Waals surface area contributed by atoms with Gasteiger partial charge in [0.1, 0.15) is 12.4 Å². The smallest absolute Gasteiger partial charge is 0.319 e. The van der Waals surface area contributed by atoms with Crippen molar-refractivity contribution in [2.24, 2.45) is 0 Å². The van der Waals surface area contributed by atoms with E-state index >= 15 is 0 Å². The van der Waals surface area contributed by atoms with Gasteiger partial charge in [-0.05, 0) is 61.7 Å². The molecule has 3 amide bonds. The van der Waals surface area contributed by atoms with Crippen LogP contribution in [0, 0.1) is 20.8 Å². The number of anilines is 2. The molecule has 138 valence electrons. The average molecular weight is 355 g/mol. The van der Waals surface area contributed by atoms with E-state index in [0.29, 0.717) is 24.5 Å². The number of amides is 3. The van der Waals surface area contributed by atoms with E-state index in [1.807, 2.05) is 19.9 Å². The largest absolute Gasteiger partial charge is 0.491 e. The molecule has 0 spiro atoms. The van der Waals surface area contributed by atoms with Crippen LogP contribution in [0.3, 0.4) is 0 Å². The number of rotatable bonds is 6. The summed E-state index contributed by atoms with van der Waals surface area (Å²) in [6.45, 7) is 8.31. The van der Waals surface area contributed by atoms with E-state index in [-0.39, 0.29) is 11.9 Å². The molecule has 0 heterocycles. The summed E-state index contributed by atoms with van der Waals surface area (Å²) in [5.74, 6) is 0.670. The molecule has 0 atom stereocenters. The van der Waals surface area contributed by atoms with Crippen LogP contribution in [0.25, 0.3) is 0 Å². The highest BCUT2D eigenvalue weighted by molar-refractivity contribution is 5.92. The molecular formula is C20H25N3O3. The lowest BCUT2D eigenvalue weighted by Gasteiger charge is -2.13. The number of carbonyl (C=O) groups is 2. The lowest BCUT2D eigenvalue weighted by molar-refractivity contribution is -0.114. The zero-order valence-corrected chi connectivity index (χ0v) is 15.6. The van der Waals surface area contributed by atoms with E-state index in [2.05, 4.69) is 28.9 Å². The molecule has 0 aliphatic heterocycles. The second kappa shape index (κ2) is 8.89. The molecule has 6 nitrogen and oxygen atoms in total. The van der Waals surface area contributed by atoms with Crippen LogP contribution < -0.4 is 20.7 Å². The molecule has 26 heavy (non-hydrogen) atoms. The lowest BCUT2D eigenvalue weighted by Crippen LogP contribution is -2.32. The number of nitrogens with one attached hydrogen (secondary N) is 3. The topological polar surface area (TPSA) is 79.5 Å². The van der Waals surface area contributed by atoms with Crippen LogP contribution in [0.2, 0.25) is 0 Å². The zero-order chi connectivity index (χ0) is 19.1. The van der Waals surface area contributed by atoms with E-state index in [0.717, 1.165) is 11.3 Å². The molecule has 6 heteroatoms. The molecule has 0 radical (unpaired) electrons. The van der Waals surface area contributed by atoms with Crippen molar-refractivity contribution in [2.45, 2.75) is 27.7 Å². The van der Waals surface area contributed by atoms with Crippen molar-refractivity contribution >= 4 is 23.3 Å². The Balaban J connectivity index is 1.79. The Bertz CT molecular complexity index is 803. The van der Waals surface area contributed by atoms with Crippen LogP contribution in [0.4, 0.5) is 16.2 Å². The Kier molecular flexibility index (Phi) is 6.60. The van der Waals surface area contributed by atoms with Crippen LogP contribution in [-0.4, -0.2) is 25.1 Å². The predicted molar refractivity (Wildman–Crippen MR) is 104 cm³/mol. The molecule has 0 saturated carbocycles. The molecule has 0 aliphatic carbocycles. The zero-order valence-electron chi connectivity index (χ0n) is 15.6. The van der Waals surface area contributed by atoms with Gasteiger partial charge in [-0.1, -0.05) is 12.1 Å². The van der Waals surface area contributed by atoms with E-state index in [9.17, 15) is 9.59 Å². The van der Waals surface area contributed by atoms with Gasteiger partial charge in [-0.25, -0.2) is 4.79 Å². The molecule has 0 saturated heterocycles. The fourth-order valence-electron chi connectivity index (χ4n) is 2.47. The van der Waals surface area contributed by atoms with Crippen LogP contribution in [0.1, 0.15) is 23.6 Å². The molecule has 0 aliphatic rings. The summed E-state index contributed by atoms with van der Waals surface area (Å²) in [6, 6.07) is 10.7. The highest BCUT2D eigenvalue weighted by atomic mass is 16.5. The molecule has 3 N–H and O–H groups in total. The average Bonchev–Trinajstić information content (AvgIpc) is 2.55. The van der Waals surface area contributed by atoms with Crippen molar-refractivity contribution in [3.05, 3.63) is 53.1 Å². The van der Waals surface area contributed by atoms with E-state index in [1.54, 1.807) is 24.3 Å². The molecule has 2 aromatic rings. The number of hydrogen-bond acceptors (Lipinski definition) is 3. The summed E-state index contributed by atoms with van der Waals surface area (Å²) in [5.41, 5.74) is 4.71. The number of aryl methyl sites for hydroxylation is 3. The summed E-state index contributed by atoms with van der Waals surface area (Å²) in [6.07, 6.45) is 0. The van der Waals surface area contributed by atoms with E-state index < -0.39 is 0 Å². The summed E-state index contributed by atoms with van der Waals surface area (Å²) in [5, 5.41) is 8.14. The van der Waals surface area contributed by atoms with Crippen LogP contribution in [0.5, 0.6) is 5.75 Å². The van der Waals surface area contributed by atoms with Gasteiger partial charge in [0, 0.05) is 18.3 Å². The molecule has 0 fully saturated rings. The predicted octanol–water partition coefficient (Wildman–Crippen LogP) is 3.77.